The SMILES string of the molecule is CCc1nnc(CNc2nc(-c3ccccc3)nc3c2CCNC3)s1. The molecule has 0 spiro atoms. The molecular weight excluding hydrogens is 332 g/mol. The molecule has 0 unspecified atom stereocenters. The Morgan fingerprint density at radius 1 is 1.12 bits per heavy atom. The Kier molecular flexibility index (Phi) is 4.67. The van der Waals surface area contributed by atoms with Crippen LogP contribution in [-0.4, -0.2) is 26.7 Å². The second-order valence-electron chi connectivity index (χ2n) is 5.91. The van der Waals surface area contributed by atoms with Crippen molar-refractivity contribution in [1.29, 1.82) is 0 Å². The lowest BCUT2D eigenvalue weighted by atomic mass is 10.1. The van der Waals surface area contributed by atoms with Crippen molar-refractivity contribution in [1.82, 2.24) is 25.5 Å². The molecule has 3 heterocycles. The average Bonchev–Trinajstić information content (AvgIpc) is 3.15. The molecule has 128 valence electrons. The van der Waals surface area contributed by atoms with Crippen molar-refractivity contribution in [3.8, 4) is 11.4 Å². The van der Waals surface area contributed by atoms with Crippen LogP contribution in [0.1, 0.15) is 28.2 Å². The Hall–Kier alpha value is -2.38. The van der Waals surface area contributed by atoms with Gasteiger partial charge in [0.05, 0.1) is 12.2 Å². The van der Waals surface area contributed by atoms with Gasteiger partial charge in [0.15, 0.2) is 5.82 Å². The smallest absolute Gasteiger partial charge is 0.161 e. The van der Waals surface area contributed by atoms with Gasteiger partial charge in [-0.05, 0) is 19.4 Å². The summed E-state index contributed by atoms with van der Waals surface area (Å²) in [7, 11) is 0. The highest BCUT2D eigenvalue weighted by atomic mass is 32.1. The van der Waals surface area contributed by atoms with Gasteiger partial charge in [0, 0.05) is 17.7 Å². The third kappa shape index (κ3) is 3.52. The van der Waals surface area contributed by atoms with Crippen LogP contribution in [0.3, 0.4) is 0 Å². The van der Waals surface area contributed by atoms with Gasteiger partial charge >= 0.3 is 0 Å². The van der Waals surface area contributed by atoms with E-state index in [0.717, 1.165) is 58.8 Å². The van der Waals surface area contributed by atoms with E-state index in [4.69, 9.17) is 9.97 Å². The highest BCUT2D eigenvalue weighted by Gasteiger charge is 2.18. The van der Waals surface area contributed by atoms with E-state index in [1.165, 1.54) is 5.56 Å². The minimum absolute atomic E-state index is 0.642. The predicted molar refractivity (Wildman–Crippen MR) is 99.5 cm³/mol. The zero-order valence-corrected chi connectivity index (χ0v) is 14.9. The minimum atomic E-state index is 0.642. The molecule has 0 radical (unpaired) electrons. The first-order chi connectivity index (χ1) is 12.3. The fourth-order valence-electron chi connectivity index (χ4n) is 2.88. The molecule has 1 aromatic carbocycles. The van der Waals surface area contributed by atoms with Gasteiger partial charge in [0.2, 0.25) is 0 Å². The molecule has 0 aliphatic carbocycles. The molecule has 0 amide bonds. The van der Waals surface area contributed by atoms with E-state index in [1.807, 2.05) is 30.3 Å². The highest BCUT2D eigenvalue weighted by Crippen LogP contribution is 2.25. The minimum Gasteiger partial charge on any atom is -0.363 e. The number of aromatic nitrogens is 4. The van der Waals surface area contributed by atoms with E-state index >= 15 is 0 Å². The van der Waals surface area contributed by atoms with Crippen LogP contribution in [0.15, 0.2) is 30.3 Å². The molecule has 2 N–H and O–H groups in total. The van der Waals surface area contributed by atoms with Crippen LogP contribution < -0.4 is 10.6 Å². The molecule has 6 nitrogen and oxygen atoms in total. The molecule has 3 aromatic rings. The van der Waals surface area contributed by atoms with Crippen LogP contribution in [0.25, 0.3) is 11.4 Å². The van der Waals surface area contributed by atoms with Crippen molar-refractivity contribution in [2.75, 3.05) is 11.9 Å². The van der Waals surface area contributed by atoms with Crippen LogP contribution in [0.5, 0.6) is 0 Å². The summed E-state index contributed by atoms with van der Waals surface area (Å²) >= 11 is 1.65. The molecule has 4 rings (SSSR count). The monoisotopic (exact) mass is 352 g/mol. The molecule has 0 fully saturated rings. The van der Waals surface area contributed by atoms with Crippen molar-refractivity contribution >= 4 is 17.2 Å². The normalized spacial score (nSPS) is 13.5. The molecular formula is C18H20N6S. The number of benzene rings is 1. The van der Waals surface area contributed by atoms with Gasteiger partial charge in [0.25, 0.3) is 0 Å². The number of anilines is 1. The number of rotatable bonds is 5. The van der Waals surface area contributed by atoms with Crippen molar-refractivity contribution in [3.05, 3.63) is 51.6 Å². The largest absolute Gasteiger partial charge is 0.363 e. The van der Waals surface area contributed by atoms with Crippen LogP contribution >= 0.6 is 11.3 Å². The number of aryl methyl sites for hydroxylation is 1. The highest BCUT2D eigenvalue weighted by molar-refractivity contribution is 7.11. The van der Waals surface area contributed by atoms with Crippen molar-refractivity contribution in [2.24, 2.45) is 0 Å². The van der Waals surface area contributed by atoms with E-state index in [-0.39, 0.29) is 0 Å². The maximum Gasteiger partial charge on any atom is 0.161 e. The molecule has 1 aliphatic heterocycles. The van der Waals surface area contributed by atoms with Gasteiger partial charge in [0.1, 0.15) is 15.8 Å². The fraction of sp³-hybridized carbons (Fsp3) is 0.333. The van der Waals surface area contributed by atoms with E-state index in [2.05, 4.69) is 27.8 Å². The fourth-order valence-corrected chi connectivity index (χ4v) is 3.61. The number of hydrogen-bond donors (Lipinski definition) is 2. The summed E-state index contributed by atoms with van der Waals surface area (Å²) < 4.78 is 0. The molecule has 0 saturated carbocycles. The van der Waals surface area contributed by atoms with E-state index < -0.39 is 0 Å². The van der Waals surface area contributed by atoms with E-state index in [9.17, 15) is 0 Å². The van der Waals surface area contributed by atoms with Gasteiger partial charge in [-0.15, -0.1) is 10.2 Å². The number of nitrogens with zero attached hydrogens (tertiary/aromatic N) is 4. The zero-order valence-electron chi connectivity index (χ0n) is 14.1. The summed E-state index contributed by atoms with van der Waals surface area (Å²) in [6, 6.07) is 10.1. The second-order valence-corrected chi connectivity index (χ2v) is 7.06. The summed E-state index contributed by atoms with van der Waals surface area (Å²) in [6.07, 6.45) is 1.85. The Bertz CT molecular complexity index is 861. The third-order valence-corrected chi connectivity index (χ3v) is 5.25. The molecule has 2 aromatic heterocycles. The Morgan fingerprint density at radius 2 is 1.96 bits per heavy atom. The molecule has 1 aliphatic rings. The first-order valence-corrected chi connectivity index (χ1v) is 9.36. The van der Waals surface area contributed by atoms with Gasteiger partial charge < -0.3 is 10.6 Å². The Morgan fingerprint density at radius 3 is 2.76 bits per heavy atom. The lowest BCUT2D eigenvalue weighted by molar-refractivity contribution is 0.625. The van der Waals surface area contributed by atoms with Gasteiger partial charge in [-0.1, -0.05) is 48.6 Å². The van der Waals surface area contributed by atoms with Crippen LogP contribution in [0.4, 0.5) is 5.82 Å². The second kappa shape index (κ2) is 7.25. The number of hydrogen-bond acceptors (Lipinski definition) is 7. The summed E-state index contributed by atoms with van der Waals surface area (Å²) in [5.41, 5.74) is 3.32. The topological polar surface area (TPSA) is 75.6 Å². The van der Waals surface area contributed by atoms with Crippen molar-refractivity contribution < 1.29 is 0 Å². The van der Waals surface area contributed by atoms with Crippen molar-refractivity contribution in [3.63, 3.8) is 0 Å². The first kappa shape index (κ1) is 16.1. The standard InChI is InChI=1S/C18H20N6S/c1-2-15-23-24-16(25-15)11-20-18-13-8-9-19-10-14(13)21-17(22-18)12-6-4-3-5-7-12/h3-7,19H,2,8-11H2,1H3,(H,20,21,22). The van der Waals surface area contributed by atoms with Gasteiger partial charge in [-0.25, -0.2) is 9.97 Å². The molecule has 0 bridgehead atoms. The van der Waals surface area contributed by atoms with Crippen LogP contribution in [0.2, 0.25) is 0 Å². The quantitative estimate of drug-likeness (QED) is 0.735. The van der Waals surface area contributed by atoms with E-state index in [0.29, 0.717) is 6.54 Å². The summed E-state index contributed by atoms with van der Waals surface area (Å²) in [4.78, 5) is 9.58. The maximum absolute atomic E-state index is 4.80. The Labute approximate surface area is 150 Å². The summed E-state index contributed by atoms with van der Waals surface area (Å²) in [5.74, 6) is 1.68. The van der Waals surface area contributed by atoms with Crippen LogP contribution in [-0.2, 0) is 25.9 Å². The van der Waals surface area contributed by atoms with Gasteiger partial charge in [-0.3, -0.25) is 0 Å². The molecule has 0 saturated heterocycles. The summed E-state index contributed by atoms with van der Waals surface area (Å²) in [5, 5.41) is 17.3. The lowest BCUT2D eigenvalue weighted by Crippen LogP contribution is -2.26. The van der Waals surface area contributed by atoms with E-state index in [1.54, 1.807) is 11.3 Å². The molecule has 25 heavy (non-hydrogen) atoms. The summed E-state index contributed by atoms with van der Waals surface area (Å²) in [6.45, 7) is 4.47. The number of nitrogens with one attached hydrogen (secondary N) is 2. The zero-order chi connectivity index (χ0) is 17.1. The molecule has 7 heteroatoms. The lowest BCUT2D eigenvalue weighted by Gasteiger charge is -2.20. The third-order valence-electron chi connectivity index (χ3n) is 4.19. The maximum atomic E-state index is 4.80. The van der Waals surface area contributed by atoms with Gasteiger partial charge in [-0.2, -0.15) is 0 Å². The van der Waals surface area contributed by atoms with Crippen LogP contribution in [0, 0.1) is 0 Å². The van der Waals surface area contributed by atoms with Crippen molar-refractivity contribution in [2.45, 2.75) is 32.9 Å². The first-order valence-electron chi connectivity index (χ1n) is 8.54. The number of fused-ring (bicyclic) bond motifs is 1. The average molecular weight is 352 g/mol. The molecule has 0 atom stereocenters. The Balaban J connectivity index is 1.65. The predicted octanol–water partition coefficient (Wildman–Crippen LogP) is 2.82.